The second kappa shape index (κ2) is 10.7. The number of piperidine rings is 1. The summed E-state index contributed by atoms with van der Waals surface area (Å²) in [6.07, 6.45) is 3.86. The maximum atomic E-state index is 5.41. The Morgan fingerprint density at radius 1 is 1.16 bits per heavy atom. The molecule has 0 bridgehead atoms. The summed E-state index contributed by atoms with van der Waals surface area (Å²) in [6.45, 7) is 2.58. The van der Waals surface area contributed by atoms with Crippen molar-refractivity contribution in [1.82, 2.24) is 15.6 Å². The lowest BCUT2D eigenvalue weighted by Gasteiger charge is -2.34. The van der Waals surface area contributed by atoms with Crippen molar-refractivity contribution in [2.45, 2.75) is 25.4 Å². The Kier molecular flexibility index (Phi) is 7.81. The van der Waals surface area contributed by atoms with Crippen LogP contribution in [0, 0.1) is 0 Å². The first-order valence-corrected chi connectivity index (χ1v) is 10.6. The van der Waals surface area contributed by atoms with E-state index in [0.29, 0.717) is 12.6 Å². The molecule has 2 aromatic rings. The molecule has 0 spiro atoms. The SMILES string of the molecule is CN=C(NCc1cccnc1N(C)C)NC1CCN(c2cc(OC)cc(OC)c2)CC1. The summed E-state index contributed by atoms with van der Waals surface area (Å²) in [4.78, 5) is 13.3. The van der Waals surface area contributed by atoms with Crippen molar-refractivity contribution in [1.29, 1.82) is 0 Å². The zero-order valence-electron chi connectivity index (χ0n) is 19.2. The van der Waals surface area contributed by atoms with E-state index in [2.05, 4.69) is 43.7 Å². The highest BCUT2D eigenvalue weighted by Crippen LogP contribution is 2.30. The van der Waals surface area contributed by atoms with Gasteiger partial charge < -0.3 is 29.9 Å². The average molecular weight is 427 g/mol. The second-order valence-corrected chi connectivity index (χ2v) is 7.78. The maximum absolute atomic E-state index is 5.41. The number of nitrogens with zero attached hydrogens (tertiary/aromatic N) is 4. The van der Waals surface area contributed by atoms with Gasteiger partial charge in [-0.05, 0) is 18.9 Å². The average Bonchev–Trinajstić information content (AvgIpc) is 2.81. The van der Waals surface area contributed by atoms with Gasteiger partial charge in [-0.1, -0.05) is 6.07 Å². The van der Waals surface area contributed by atoms with Gasteiger partial charge in [0, 0.05) is 82.5 Å². The molecule has 2 heterocycles. The largest absolute Gasteiger partial charge is 0.497 e. The Labute approximate surface area is 185 Å². The van der Waals surface area contributed by atoms with Crippen molar-refractivity contribution in [3.63, 3.8) is 0 Å². The first-order valence-electron chi connectivity index (χ1n) is 10.6. The minimum Gasteiger partial charge on any atom is -0.497 e. The summed E-state index contributed by atoms with van der Waals surface area (Å²) in [6, 6.07) is 10.4. The molecular weight excluding hydrogens is 392 g/mol. The number of ether oxygens (including phenoxy) is 2. The molecule has 1 aliphatic rings. The Bertz CT molecular complexity index is 856. The predicted molar refractivity (Wildman–Crippen MR) is 127 cm³/mol. The molecule has 0 saturated carbocycles. The van der Waals surface area contributed by atoms with Crippen molar-refractivity contribution in [3.8, 4) is 11.5 Å². The number of guanidine groups is 1. The van der Waals surface area contributed by atoms with Crippen LogP contribution >= 0.6 is 0 Å². The fourth-order valence-electron chi connectivity index (χ4n) is 3.79. The molecule has 1 aromatic heterocycles. The fraction of sp³-hybridized carbons (Fsp3) is 0.478. The molecule has 3 rings (SSSR count). The number of anilines is 2. The van der Waals surface area contributed by atoms with Gasteiger partial charge in [-0.15, -0.1) is 0 Å². The predicted octanol–water partition coefficient (Wildman–Crippen LogP) is 2.50. The Morgan fingerprint density at radius 3 is 2.42 bits per heavy atom. The molecule has 1 aromatic carbocycles. The molecule has 0 unspecified atom stereocenters. The van der Waals surface area contributed by atoms with Gasteiger partial charge in [0.25, 0.3) is 0 Å². The van der Waals surface area contributed by atoms with E-state index in [1.165, 1.54) is 0 Å². The van der Waals surface area contributed by atoms with Crippen LogP contribution in [0.4, 0.5) is 11.5 Å². The number of rotatable bonds is 7. The highest BCUT2D eigenvalue weighted by molar-refractivity contribution is 5.80. The van der Waals surface area contributed by atoms with E-state index < -0.39 is 0 Å². The number of nitrogens with one attached hydrogen (secondary N) is 2. The van der Waals surface area contributed by atoms with Crippen molar-refractivity contribution in [2.75, 3.05) is 58.3 Å². The normalized spacial score (nSPS) is 14.9. The first kappa shape index (κ1) is 22.5. The van der Waals surface area contributed by atoms with Crippen LogP contribution in [0.1, 0.15) is 18.4 Å². The number of hydrogen-bond acceptors (Lipinski definition) is 6. The molecule has 1 fully saturated rings. The topological polar surface area (TPSA) is 74.3 Å². The first-order chi connectivity index (χ1) is 15.0. The quantitative estimate of drug-likeness (QED) is 0.520. The zero-order chi connectivity index (χ0) is 22.2. The fourth-order valence-corrected chi connectivity index (χ4v) is 3.79. The molecule has 31 heavy (non-hydrogen) atoms. The van der Waals surface area contributed by atoms with Crippen LogP contribution in [0.3, 0.4) is 0 Å². The van der Waals surface area contributed by atoms with Gasteiger partial charge in [-0.3, -0.25) is 4.99 Å². The third kappa shape index (κ3) is 5.93. The van der Waals surface area contributed by atoms with Crippen LogP contribution in [0.5, 0.6) is 11.5 Å². The third-order valence-corrected chi connectivity index (χ3v) is 5.50. The van der Waals surface area contributed by atoms with E-state index in [1.807, 2.05) is 44.4 Å². The molecule has 8 heteroatoms. The maximum Gasteiger partial charge on any atom is 0.191 e. The summed E-state index contributed by atoms with van der Waals surface area (Å²) in [5, 5.41) is 7.00. The summed E-state index contributed by atoms with van der Waals surface area (Å²) < 4.78 is 10.8. The zero-order valence-corrected chi connectivity index (χ0v) is 19.2. The second-order valence-electron chi connectivity index (χ2n) is 7.78. The summed E-state index contributed by atoms with van der Waals surface area (Å²) >= 11 is 0. The van der Waals surface area contributed by atoms with Crippen molar-refractivity contribution in [3.05, 3.63) is 42.1 Å². The number of hydrogen-bond donors (Lipinski definition) is 2. The number of aromatic nitrogens is 1. The molecule has 8 nitrogen and oxygen atoms in total. The van der Waals surface area contributed by atoms with Gasteiger partial charge in [0.1, 0.15) is 17.3 Å². The van der Waals surface area contributed by atoms with E-state index in [-0.39, 0.29) is 0 Å². The van der Waals surface area contributed by atoms with Crippen LogP contribution in [-0.2, 0) is 6.54 Å². The van der Waals surface area contributed by atoms with Crippen LogP contribution in [0.25, 0.3) is 0 Å². The Hall–Kier alpha value is -3.16. The van der Waals surface area contributed by atoms with E-state index >= 15 is 0 Å². The van der Waals surface area contributed by atoms with Gasteiger partial charge >= 0.3 is 0 Å². The molecule has 0 atom stereocenters. The monoisotopic (exact) mass is 426 g/mol. The van der Waals surface area contributed by atoms with Gasteiger partial charge in [-0.2, -0.15) is 0 Å². The lowest BCUT2D eigenvalue weighted by atomic mass is 10.0. The van der Waals surface area contributed by atoms with E-state index in [1.54, 1.807) is 14.2 Å². The summed E-state index contributed by atoms with van der Waals surface area (Å²) in [7, 11) is 9.18. The van der Waals surface area contributed by atoms with Gasteiger partial charge in [0.05, 0.1) is 14.2 Å². The number of pyridine rings is 1. The Balaban J connectivity index is 1.54. The highest BCUT2D eigenvalue weighted by atomic mass is 16.5. The van der Waals surface area contributed by atoms with Crippen molar-refractivity contribution >= 4 is 17.5 Å². The van der Waals surface area contributed by atoms with E-state index in [4.69, 9.17) is 9.47 Å². The highest BCUT2D eigenvalue weighted by Gasteiger charge is 2.21. The van der Waals surface area contributed by atoms with Gasteiger partial charge in [0.15, 0.2) is 5.96 Å². The van der Waals surface area contributed by atoms with Crippen molar-refractivity contribution in [2.24, 2.45) is 4.99 Å². The molecule has 0 radical (unpaired) electrons. The third-order valence-electron chi connectivity index (χ3n) is 5.50. The lowest BCUT2D eigenvalue weighted by molar-refractivity contribution is 0.393. The molecule has 168 valence electrons. The number of methoxy groups -OCH3 is 2. The minimum absolute atomic E-state index is 0.372. The lowest BCUT2D eigenvalue weighted by Crippen LogP contribution is -2.48. The molecule has 1 saturated heterocycles. The molecule has 1 aliphatic heterocycles. The Morgan fingerprint density at radius 2 is 1.84 bits per heavy atom. The van der Waals surface area contributed by atoms with Crippen molar-refractivity contribution < 1.29 is 9.47 Å². The number of benzene rings is 1. The summed E-state index contributed by atoms with van der Waals surface area (Å²) in [5.41, 5.74) is 2.27. The van der Waals surface area contributed by atoms with E-state index in [0.717, 1.165) is 60.5 Å². The minimum atomic E-state index is 0.372. The van der Waals surface area contributed by atoms with Crippen LogP contribution < -0.4 is 29.9 Å². The molecule has 2 N–H and O–H groups in total. The summed E-state index contributed by atoms with van der Waals surface area (Å²) in [5.74, 6) is 3.40. The number of aliphatic imine (C=N–C) groups is 1. The van der Waals surface area contributed by atoms with Crippen LogP contribution in [0.2, 0.25) is 0 Å². The molecule has 0 aliphatic carbocycles. The van der Waals surface area contributed by atoms with Gasteiger partial charge in [-0.25, -0.2) is 4.98 Å². The smallest absolute Gasteiger partial charge is 0.191 e. The molecular formula is C23H34N6O2. The van der Waals surface area contributed by atoms with E-state index in [9.17, 15) is 0 Å². The van der Waals surface area contributed by atoms with Crippen LogP contribution in [0.15, 0.2) is 41.5 Å². The molecule has 0 amide bonds. The standard InChI is InChI=1S/C23H34N6O2/c1-24-23(26-16-17-7-6-10-25-22(17)28(2)3)27-18-8-11-29(12-9-18)19-13-20(30-4)15-21(14-19)31-5/h6-7,10,13-15,18H,8-9,11-12,16H2,1-5H3,(H2,24,26,27). The van der Waals surface area contributed by atoms with Crippen LogP contribution in [-0.4, -0.2) is 65.4 Å². The van der Waals surface area contributed by atoms with Gasteiger partial charge in [0.2, 0.25) is 0 Å².